The molecule has 0 atom stereocenters. The summed E-state index contributed by atoms with van der Waals surface area (Å²) in [4.78, 5) is 12.0. The van der Waals surface area contributed by atoms with Crippen molar-refractivity contribution in [1.29, 1.82) is 0 Å². The minimum atomic E-state index is -0.352. The smallest absolute Gasteiger partial charge is 0.244 e. The van der Waals surface area contributed by atoms with Crippen LogP contribution in [0.3, 0.4) is 0 Å². The molecule has 1 heterocycles. The predicted octanol–water partition coefficient (Wildman–Crippen LogP) is 4.37. The summed E-state index contributed by atoms with van der Waals surface area (Å²) in [6.07, 6.45) is 3.41. The lowest BCUT2D eigenvalue weighted by Gasteiger charge is -2.20. The van der Waals surface area contributed by atoms with Gasteiger partial charge in [0.15, 0.2) is 6.79 Å². The summed E-state index contributed by atoms with van der Waals surface area (Å²) < 4.78 is 24.3. The molecule has 0 aromatic heterocycles. The van der Waals surface area contributed by atoms with Gasteiger partial charge in [0, 0.05) is 18.2 Å². The van der Waals surface area contributed by atoms with Gasteiger partial charge in [0.1, 0.15) is 11.6 Å². The molecular weight excluding hydrogens is 380 g/mol. The summed E-state index contributed by atoms with van der Waals surface area (Å²) in [5.41, 5.74) is 2.03. The molecule has 0 unspecified atom stereocenters. The van der Waals surface area contributed by atoms with Crippen LogP contribution in [0.5, 0.6) is 5.75 Å². The molecule has 26 heavy (non-hydrogen) atoms. The highest BCUT2D eigenvalue weighted by Gasteiger charge is 2.16. The molecule has 0 radical (unpaired) electrons. The average molecular weight is 396 g/mol. The molecule has 136 valence electrons. The topological polar surface area (TPSA) is 47.6 Å². The Balaban J connectivity index is 1.58. The summed E-state index contributed by atoms with van der Waals surface area (Å²) in [5, 5.41) is 3.57. The maximum Gasteiger partial charge on any atom is 0.244 e. The van der Waals surface area contributed by atoms with E-state index in [1.165, 1.54) is 18.2 Å². The van der Waals surface area contributed by atoms with Gasteiger partial charge in [0.05, 0.1) is 16.7 Å². The molecule has 0 fully saturated rings. The van der Waals surface area contributed by atoms with E-state index in [1.54, 1.807) is 24.3 Å². The van der Waals surface area contributed by atoms with Crippen LogP contribution in [0, 0.1) is 5.82 Å². The minimum absolute atomic E-state index is 0.140. The van der Waals surface area contributed by atoms with E-state index < -0.39 is 0 Å². The predicted molar refractivity (Wildman–Crippen MR) is 98.9 cm³/mol. The number of carbonyl (C=O) groups is 1. The van der Waals surface area contributed by atoms with Crippen LogP contribution in [0.2, 0.25) is 10.0 Å². The third-order valence-corrected chi connectivity index (χ3v) is 4.67. The van der Waals surface area contributed by atoms with Crippen molar-refractivity contribution in [2.24, 2.45) is 0 Å². The van der Waals surface area contributed by atoms with Crippen molar-refractivity contribution in [2.45, 2.75) is 13.0 Å². The zero-order valence-electron chi connectivity index (χ0n) is 13.7. The number of carbonyl (C=O) groups excluding carboxylic acids is 1. The number of halogens is 3. The maximum atomic E-state index is 13.7. The van der Waals surface area contributed by atoms with Crippen LogP contribution < -0.4 is 10.1 Å². The Kier molecular flexibility index (Phi) is 6.14. The fraction of sp³-hybridized carbons (Fsp3) is 0.211. The summed E-state index contributed by atoms with van der Waals surface area (Å²) in [6, 6.07) is 8.00. The Morgan fingerprint density at radius 2 is 2.15 bits per heavy atom. The molecule has 0 saturated heterocycles. The van der Waals surface area contributed by atoms with E-state index in [9.17, 15) is 9.18 Å². The quantitative estimate of drug-likeness (QED) is 0.764. The van der Waals surface area contributed by atoms with Gasteiger partial charge in [-0.25, -0.2) is 4.39 Å². The Morgan fingerprint density at radius 3 is 3.00 bits per heavy atom. The zero-order valence-corrected chi connectivity index (χ0v) is 15.2. The van der Waals surface area contributed by atoms with Gasteiger partial charge in [-0.05, 0) is 41.8 Å². The van der Waals surface area contributed by atoms with Crippen molar-refractivity contribution < 1.29 is 18.7 Å². The van der Waals surface area contributed by atoms with Crippen LogP contribution in [-0.4, -0.2) is 19.2 Å². The fourth-order valence-corrected chi connectivity index (χ4v) is 3.01. The van der Waals surface area contributed by atoms with Gasteiger partial charge in [-0.2, -0.15) is 0 Å². The van der Waals surface area contributed by atoms with Gasteiger partial charge in [0.25, 0.3) is 0 Å². The zero-order chi connectivity index (χ0) is 18.5. The van der Waals surface area contributed by atoms with E-state index in [4.69, 9.17) is 32.7 Å². The van der Waals surface area contributed by atoms with Crippen LogP contribution in [0.4, 0.5) is 4.39 Å². The first-order valence-electron chi connectivity index (χ1n) is 7.96. The molecule has 4 nitrogen and oxygen atoms in total. The Labute approximate surface area is 160 Å². The van der Waals surface area contributed by atoms with E-state index in [0.717, 1.165) is 0 Å². The van der Waals surface area contributed by atoms with Crippen LogP contribution in [0.25, 0.3) is 6.08 Å². The first-order chi connectivity index (χ1) is 12.5. The van der Waals surface area contributed by atoms with Crippen molar-refractivity contribution in [1.82, 2.24) is 5.32 Å². The van der Waals surface area contributed by atoms with E-state index in [2.05, 4.69) is 5.32 Å². The van der Waals surface area contributed by atoms with Gasteiger partial charge in [-0.1, -0.05) is 35.3 Å². The lowest BCUT2D eigenvalue weighted by Crippen LogP contribution is -2.24. The minimum Gasteiger partial charge on any atom is -0.467 e. The van der Waals surface area contributed by atoms with E-state index in [0.29, 0.717) is 52.1 Å². The molecule has 0 saturated carbocycles. The van der Waals surface area contributed by atoms with Crippen LogP contribution in [-0.2, 0) is 22.6 Å². The molecule has 2 aromatic carbocycles. The highest BCUT2D eigenvalue weighted by molar-refractivity contribution is 6.42. The first-order valence-corrected chi connectivity index (χ1v) is 8.72. The largest absolute Gasteiger partial charge is 0.467 e. The first kappa shape index (κ1) is 18.7. The SMILES string of the molecule is O=C(/C=C/c1cccc(Cl)c1Cl)NCCc1cc(F)cc2c1OCOC2. The van der Waals surface area contributed by atoms with Crippen molar-refractivity contribution >= 4 is 35.2 Å². The normalized spacial score (nSPS) is 13.3. The maximum absolute atomic E-state index is 13.7. The monoisotopic (exact) mass is 395 g/mol. The average Bonchev–Trinajstić information content (AvgIpc) is 2.62. The lowest BCUT2D eigenvalue weighted by atomic mass is 10.1. The Hall–Kier alpha value is -2.08. The van der Waals surface area contributed by atoms with Gasteiger partial charge in [0.2, 0.25) is 5.91 Å². The number of hydrogen-bond acceptors (Lipinski definition) is 3. The number of fused-ring (bicyclic) bond motifs is 1. The highest BCUT2D eigenvalue weighted by atomic mass is 35.5. The number of hydrogen-bond donors (Lipinski definition) is 1. The molecular formula is C19H16Cl2FNO3. The van der Waals surface area contributed by atoms with Gasteiger partial charge in [-0.3, -0.25) is 4.79 Å². The third-order valence-electron chi connectivity index (χ3n) is 3.84. The van der Waals surface area contributed by atoms with E-state index in [-0.39, 0.29) is 18.5 Å². The summed E-state index contributed by atoms with van der Waals surface area (Å²) in [7, 11) is 0. The molecule has 3 rings (SSSR count). The molecule has 1 N–H and O–H groups in total. The molecule has 7 heteroatoms. The molecule has 1 aliphatic rings. The van der Waals surface area contributed by atoms with Crippen LogP contribution in [0.1, 0.15) is 16.7 Å². The highest BCUT2D eigenvalue weighted by Crippen LogP contribution is 2.29. The van der Waals surface area contributed by atoms with Crippen molar-refractivity contribution in [3.8, 4) is 5.75 Å². The van der Waals surface area contributed by atoms with Gasteiger partial charge < -0.3 is 14.8 Å². The fourth-order valence-electron chi connectivity index (χ4n) is 2.64. The molecule has 2 aromatic rings. The van der Waals surface area contributed by atoms with Crippen LogP contribution >= 0.6 is 23.2 Å². The number of amides is 1. The number of ether oxygens (including phenoxy) is 2. The van der Waals surface area contributed by atoms with E-state index >= 15 is 0 Å². The van der Waals surface area contributed by atoms with E-state index in [1.807, 2.05) is 0 Å². The number of benzene rings is 2. The number of rotatable bonds is 5. The second-order valence-corrected chi connectivity index (χ2v) is 6.47. The lowest BCUT2D eigenvalue weighted by molar-refractivity contribution is -0.116. The molecule has 0 aliphatic carbocycles. The Bertz CT molecular complexity index is 855. The summed E-state index contributed by atoms with van der Waals surface area (Å²) in [5.74, 6) is -0.00149. The van der Waals surface area contributed by atoms with Crippen molar-refractivity contribution in [2.75, 3.05) is 13.3 Å². The van der Waals surface area contributed by atoms with Gasteiger partial charge >= 0.3 is 0 Å². The number of nitrogens with one attached hydrogen (secondary N) is 1. The van der Waals surface area contributed by atoms with Gasteiger partial charge in [-0.15, -0.1) is 0 Å². The standard InChI is InChI=1S/C19H16Cl2FNO3/c20-16-3-1-2-12(18(16)21)4-5-17(24)23-7-6-13-8-15(22)9-14-10-25-11-26-19(13)14/h1-5,8-9H,6-7,10-11H2,(H,23,24)/b5-4+. The second kappa shape index (κ2) is 8.54. The van der Waals surface area contributed by atoms with Crippen LogP contribution in [0.15, 0.2) is 36.4 Å². The molecule has 1 aliphatic heterocycles. The molecule has 0 bridgehead atoms. The third kappa shape index (κ3) is 4.55. The molecule has 1 amide bonds. The summed E-state index contributed by atoms with van der Waals surface area (Å²) in [6.45, 7) is 0.795. The second-order valence-electron chi connectivity index (χ2n) is 5.68. The van der Waals surface area contributed by atoms with Crippen molar-refractivity contribution in [3.05, 3.63) is 69.0 Å². The van der Waals surface area contributed by atoms with Crippen molar-refractivity contribution in [3.63, 3.8) is 0 Å². The Morgan fingerprint density at radius 1 is 1.31 bits per heavy atom. The molecule has 0 spiro atoms. The summed E-state index contributed by atoms with van der Waals surface area (Å²) >= 11 is 12.0.